The second kappa shape index (κ2) is 11.7. The Morgan fingerprint density at radius 1 is 1.00 bits per heavy atom. The van der Waals surface area contributed by atoms with Gasteiger partial charge in [0, 0.05) is 32.8 Å². The number of halogens is 2. The fraction of sp³-hybridized carbons (Fsp3) is 0.538. The largest absolute Gasteiger partial charge is 0.394 e. The summed E-state index contributed by atoms with van der Waals surface area (Å²) >= 11 is 0. The Hall–Kier alpha value is -1.94. The fourth-order valence-electron chi connectivity index (χ4n) is 5.29. The lowest BCUT2D eigenvalue weighted by molar-refractivity contribution is -0.0331. The van der Waals surface area contributed by atoms with E-state index < -0.39 is 12.2 Å². The summed E-state index contributed by atoms with van der Waals surface area (Å²) in [5.74, 6) is -0.583. The average Bonchev–Trinajstić information content (AvgIpc) is 3.40. The van der Waals surface area contributed by atoms with Crippen molar-refractivity contribution < 1.29 is 28.5 Å². The minimum atomic E-state index is -0.814. The van der Waals surface area contributed by atoms with Crippen LogP contribution in [0.2, 0.25) is 0 Å². The number of benzene rings is 2. The van der Waals surface area contributed by atoms with Gasteiger partial charge in [0.1, 0.15) is 23.8 Å². The van der Waals surface area contributed by atoms with Gasteiger partial charge in [-0.05, 0) is 54.8 Å². The molecule has 5 atom stereocenters. The van der Waals surface area contributed by atoms with Crippen molar-refractivity contribution in [3.63, 3.8) is 0 Å². The maximum Gasteiger partial charge on any atom is 0.123 e. The molecule has 6 nitrogen and oxygen atoms in total. The van der Waals surface area contributed by atoms with Gasteiger partial charge >= 0.3 is 0 Å². The Labute approximate surface area is 199 Å². The first-order valence-electron chi connectivity index (χ1n) is 11.9. The fourth-order valence-corrected chi connectivity index (χ4v) is 5.29. The number of aliphatic hydroxyl groups is 2. The zero-order chi connectivity index (χ0) is 24.1. The van der Waals surface area contributed by atoms with Gasteiger partial charge in [-0.15, -0.1) is 0 Å². The summed E-state index contributed by atoms with van der Waals surface area (Å²) < 4.78 is 38.5. The topological polar surface area (TPSA) is 65.4 Å². The zero-order valence-corrected chi connectivity index (χ0v) is 19.5. The molecule has 8 heteroatoms. The van der Waals surface area contributed by atoms with Crippen LogP contribution in [0, 0.1) is 11.6 Å². The van der Waals surface area contributed by atoms with E-state index in [1.165, 1.54) is 24.3 Å². The molecule has 2 aromatic rings. The highest BCUT2D eigenvalue weighted by Gasteiger charge is 2.49. The number of hydrogen-bond acceptors (Lipinski definition) is 6. The van der Waals surface area contributed by atoms with Gasteiger partial charge in [-0.2, -0.15) is 0 Å². The van der Waals surface area contributed by atoms with Crippen molar-refractivity contribution in [1.29, 1.82) is 0 Å². The molecule has 186 valence electrons. The van der Waals surface area contributed by atoms with Gasteiger partial charge in [-0.1, -0.05) is 24.3 Å². The second-order valence-electron chi connectivity index (χ2n) is 9.29. The molecule has 0 unspecified atom stereocenters. The van der Waals surface area contributed by atoms with Crippen LogP contribution in [0.15, 0.2) is 48.5 Å². The van der Waals surface area contributed by atoms with E-state index in [-0.39, 0.29) is 36.4 Å². The van der Waals surface area contributed by atoms with Crippen molar-refractivity contribution in [2.45, 2.75) is 56.3 Å². The van der Waals surface area contributed by atoms with Crippen molar-refractivity contribution in [2.75, 3.05) is 33.4 Å². The predicted molar refractivity (Wildman–Crippen MR) is 124 cm³/mol. The first-order valence-corrected chi connectivity index (χ1v) is 11.9. The van der Waals surface area contributed by atoms with Crippen molar-refractivity contribution in [1.82, 2.24) is 9.80 Å². The molecule has 0 amide bonds. The lowest BCUT2D eigenvalue weighted by Crippen LogP contribution is -2.53. The SMILES string of the molecule is COC[C@@H]1CCCN1[C@H]1[C@H](O)[C@H](CO)O[C@@H]1CN(Cc1ccc(F)cc1)Cc1ccc(F)cc1. The normalized spacial score (nSPS) is 27.6. The van der Waals surface area contributed by atoms with Gasteiger partial charge in [0.2, 0.25) is 0 Å². The maximum absolute atomic E-state index is 13.4. The van der Waals surface area contributed by atoms with Gasteiger partial charge in [-0.3, -0.25) is 9.80 Å². The smallest absolute Gasteiger partial charge is 0.123 e. The molecule has 2 heterocycles. The third kappa shape index (κ3) is 6.00. The van der Waals surface area contributed by atoms with Crippen molar-refractivity contribution in [3.8, 4) is 0 Å². The lowest BCUT2D eigenvalue weighted by atomic mass is 10.0. The van der Waals surface area contributed by atoms with Crippen molar-refractivity contribution in [3.05, 3.63) is 71.3 Å². The molecular formula is C26H34F2N2O4. The molecule has 0 radical (unpaired) electrons. The first kappa shape index (κ1) is 25.2. The van der Waals surface area contributed by atoms with Gasteiger partial charge in [0.05, 0.1) is 25.4 Å². The molecule has 2 N–H and O–H groups in total. The van der Waals surface area contributed by atoms with Gasteiger partial charge in [0.25, 0.3) is 0 Å². The number of nitrogens with zero attached hydrogens (tertiary/aromatic N) is 2. The summed E-state index contributed by atoms with van der Waals surface area (Å²) in [6.07, 6.45) is 0.194. The van der Waals surface area contributed by atoms with Crippen LogP contribution in [0.4, 0.5) is 8.78 Å². The van der Waals surface area contributed by atoms with E-state index in [2.05, 4.69) is 9.80 Å². The molecule has 4 rings (SSSR count). The van der Waals surface area contributed by atoms with E-state index in [1.54, 1.807) is 31.4 Å². The van der Waals surface area contributed by atoms with E-state index >= 15 is 0 Å². The molecule has 2 aliphatic heterocycles. The highest BCUT2D eigenvalue weighted by Crippen LogP contribution is 2.32. The Kier molecular flexibility index (Phi) is 8.63. The molecule has 2 aromatic carbocycles. The Balaban J connectivity index is 1.56. The molecule has 0 saturated carbocycles. The molecule has 0 bridgehead atoms. The van der Waals surface area contributed by atoms with Crippen molar-refractivity contribution >= 4 is 0 Å². The molecule has 0 spiro atoms. The van der Waals surface area contributed by atoms with E-state index in [1.807, 2.05) is 0 Å². The molecule has 2 fully saturated rings. The highest BCUT2D eigenvalue weighted by atomic mass is 19.1. The van der Waals surface area contributed by atoms with Gasteiger partial charge < -0.3 is 19.7 Å². The molecule has 0 aromatic heterocycles. The van der Waals surface area contributed by atoms with E-state index in [4.69, 9.17) is 9.47 Å². The van der Waals surface area contributed by atoms with Crippen LogP contribution in [-0.2, 0) is 22.6 Å². The summed E-state index contributed by atoms with van der Waals surface area (Å²) in [5.41, 5.74) is 1.88. The Bertz CT molecular complexity index is 851. The Morgan fingerprint density at radius 3 is 2.12 bits per heavy atom. The zero-order valence-electron chi connectivity index (χ0n) is 19.5. The summed E-state index contributed by atoms with van der Waals surface area (Å²) in [4.78, 5) is 4.43. The highest BCUT2D eigenvalue weighted by molar-refractivity contribution is 5.18. The predicted octanol–water partition coefficient (Wildman–Crippen LogP) is 2.57. The van der Waals surface area contributed by atoms with Crippen LogP contribution in [0.25, 0.3) is 0 Å². The van der Waals surface area contributed by atoms with Crippen molar-refractivity contribution in [2.24, 2.45) is 0 Å². The van der Waals surface area contributed by atoms with E-state index in [0.717, 1.165) is 30.5 Å². The van der Waals surface area contributed by atoms with Crippen LogP contribution in [0.5, 0.6) is 0 Å². The summed E-state index contributed by atoms with van der Waals surface area (Å²) in [7, 11) is 1.68. The van der Waals surface area contributed by atoms with Gasteiger partial charge in [0.15, 0.2) is 0 Å². The summed E-state index contributed by atoms with van der Waals surface area (Å²) in [5, 5.41) is 20.9. The second-order valence-corrected chi connectivity index (χ2v) is 9.29. The molecule has 2 saturated heterocycles. The number of ether oxygens (including phenoxy) is 2. The number of rotatable bonds is 10. The molecule has 2 aliphatic rings. The summed E-state index contributed by atoms with van der Waals surface area (Å²) in [6.45, 7) is 2.71. The number of aliphatic hydroxyl groups excluding tert-OH is 2. The quantitative estimate of drug-likeness (QED) is 0.550. The standard InChI is InChI=1S/C26H34F2N2O4/c1-33-17-22-3-2-12-30(22)25-23(34-24(16-31)26(25)32)15-29(13-18-4-8-20(27)9-5-18)14-19-6-10-21(28)11-7-19/h4-11,22-26,31-32H,2-3,12-17H2,1H3/t22-,23+,24-,25+,26+/m0/s1. The van der Waals surface area contributed by atoms with Crippen LogP contribution in [-0.4, -0.2) is 83.8 Å². The third-order valence-corrected chi connectivity index (χ3v) is 6.88. The van der Waals surface area contributed by atoms with Crippen LogP contribution in [0.3, 0.4) is 0 Å². The third-order valence-electron chi connectivity index (χ3n) is 6.88. The number of methoxy groups -OCH3 is 1. The number of hydrogen-bond donors (Lipinski definition) is 2. The lowest BCUT2D eigenvalue weighted by Gasteiger charge is -2.36. The average molecular weight is 477 g/mol. The van der Waals surface area contributed by atoms with Crippen LogP contribution < -0.4 is 0 Å². The monoisotopic (exact) mass is 476 g/mol. The molecular weight excluding hydrogens is 442 g/mol. The van der Waals surface area contributed by atoms with E-state index in [9.17, 15) is 19.0 Å². The minimum absolute atomic E-state index is 0.191. The van der Waals surface area contributed by atoms with Gasteiger partial charge in [-0.25, -0.2) is 8.78 Å². The minimum Gasteiger partial charge on any atom is -0.394 e. The maximum atomic E-state index is 13.4. The number of likely N-dealkylation sites (tertiary alicyclic amines) is 1. The Morgan fingerprint density at radius 2 is 1.59 bits per heavy atom. The van der Waals surface area contributed by atoms with Crippen LogP contribution >= 0.6 is 0 Å². The van der Waals surface area contributed by atoms with Crippen LogP contribution in [0.1, 0.15) is 24.0 Å². The summed E-state index contributed by atoms with van der Waals surface area (Å²) in [6, 6.07) is 12.7. The molecule has 34 heavy (non-hydrogen) atoms. The van der Waals surface area contributed by atoms with E-state index in [0.29, 0.717) is 26.2 Å². The first-order chi connectivity index (χ1) is 16.5. The molecule has 0 aliphatic carbocycles.